The molecule has 0 aromatic heterocycles. The van der Waals surface area contributed by atoms with Gasteiger partial charge in [-0.1, -0.05) is 0 Å². The molecular formula is C12H17FN2O2. The quantitative estimate of drug-likeness (QED) is 0.784. The summed E-state index contributed by atoms with van der Waals surface area (Å²) in [6.07, 6.45) is 1.14. The summed E-state index contributed by atoms with van der Waals surface area (Å²) in [6.45, 7) is 2.44. The van der Waals surface area contributed by atoms with Crippen molar-refractivity contribution in [3.05, 3.63) is 30.1 Å². The molecular weight excluding hydrogens is 223 g/mol. The van der Waals surface area contributed by atoms with E-state index in [4.69, 9.17) is 4.79 Å². The number of methoxy groups -OCH3 is 1. The third-order valence-corrected chi connectivity index (χ3v) is 2.37. The fourth-order valence-corrected chi connectivity index (χ4v) is 1.56. The Morgan fingerprint density at radius 2 is 2.12 bits per heavy atom. The molecule has 17 heavy (non-hydrogen) atoms. The topological polar surface area (TPSA) is 50.4 Å². The molecule has 0 saturated carbocycles. The van der Waals surface area contributed by atoms with E-state index in [1.54, 1.807) is 12.1 Å². The lowest BCUT2D eigenvalue weighted by atomic mass is 10.2. The summed E-state index contributed by atoms with van der Waals surface area (Å²) in [5.41, 5.74) is 0.995. The summed E-state index contributed by atoms with van der Waals surface area (Å²) in [5, 5.41) is 6.61. The van der Waals surface area contributed by atoms with Gasteiger partial charge in [-0.15, -0.1) is 0 Å². The Morgan fingerprint density at radius 3 is 2.59 bits per heavy atom. The fraction of sp³-hybridized carbons (Fsp3) is 0.417. The Labute approximate surface area is 100 Å². The van der Waals surface area contributed by atoms with Crippen LogP contribution in [-0.2, 0) is 9.53 Å². The van der Waals surface area contributed by atoms with Crippen LogP contribution < -0.4 is 10.6 Å². The molecule has 1 saturated heterocycles. The average molecular weight is 240 g/mol. The first-order valence-electron chi connectivity index (χ1n) is 5.45. The zero-order chi connectivity index (χ0) is 12.5. The minimum atomic E-state index is -0.185. The summed E-state index contributed by atoms with van der Waals surface area (Å²) in [5.74, 6) is -0.185. The van der Waals surface area contributed by atoms with Crippen LogP contribution in [-0.4, -0.2) is 32.7 Å². The Hall–Kier alpha value is -1.62. The van der Waals surface area contributed by atoms with E-state index in [-0.39, 0.29) is 5.82 Å². The summed E-state index contributed by atoms with van der Waals surface area (Å²) in [4.78, 5) is 8.95. The Bertz CT molecular complexity index is 324. The molecule has 1 atom stereocenters. The van der Waals surface area contributed by atoms with E-state index in [0.717, 1.165) is 25.2 Å². The maximum Gasteiger partial charge on any atom is 0.292 e. The van der Waals surface area contributed by atoms with Gasteiger partial charge in [-0.25, -0.2) is 4.39 Å². The van der Waals surface area contributed by atoms with E-state index >= 15 is 0 Å². The van der Waals surface area contributed by atoms with Crippen molar-refractivity contribution in [1.29, 1.82) is 0 Å². The van der Waals surface area contributed by atoms with Crippen LogP contribution in [0.15, 0.2) is 24.3 Å². The van der Waals surface area contributed by atoms with Gasteiger partial charge in [-0.05, 0) is 37.2 Å². The normalized spacial score (nSPS) is 17.9. The monoisotopic (exact) mass is 240 g/mol. The van der Waals surface area contributed by atoms with Crippen molar-refractivity contribution in [2.24, 2.45) is 0 Å². The van der Waals surface area contributed by atoms with Crippen molar-refractivity contribution < 1.29 is 13.9 Å². The van der Waals surface area contributed by atoms with Crippen LogP contribution in [0.3, 0.4) is 0 Å². The van der Waals surface area contributed by atoms with Crippen molar-refractivity contribution in [2.45, 2.75) is 12.5 Å². The van der Waals surface area contributed by atoms with Crippen LogP contribution in [0.2, 0.25) is 0 Å². The van der Waals surface area contributed by atoms with E-state index in [1.165, 1.54) is 19.2 Å². The third kappa shape index (κ3) is 5.31. The number of rotatable bonds is 3. The summed E-state index contributed by atoms with van der Waals surface area (Å²) < 4.78 is 16.4. The second-order valence-electron chi connectivity index (χ2n) is 3.67. The van der Waals surface area contributed by atoms with Crippen molar-refractivity contribution in [1.82, 2.24) is 5.32 Å². The van der Waals surface area contributed by atoms with Gasteiger partial charge in [0.1, 0.15) is 5.82 Å². The minimum absolute atomic E-state index is 0.185. The highest BCUT2D eigenvalue weighted by molar-refractivity contribution is 5.44. The lowest BCUT2D eigenvalue weighted by Gasteiger charge is -2.12. The van der Waals surface area contributed by atoms with Crippen LogP contribution in [0, 0.1) is 5.82 Å². The van der Waals surface area contributed by atoms with Crippen LogP contribution >= 0.6 is 0 Å². The second-order valence-corrected chi connectivity index (χ2v) is 3.67. The molecule has 1 unspecified atom stereocenters. The molecule has 0 bridgehead atoms. The van der Waals surface area contributed by atoms with Crippen LogP contribution in [0.4, 0.5) is 10.1 Å². The molecule has 1 fully saturated rings. The molecule has 4 nitrogen and oxygen atoms in total. The Balaban J connectivity index is 0.000000317. The lowest BCUT2D eigenvalue weighted by Crippen LogP contribution is -2.21. The summed E-state index contributed by atoms with van der Waals surface area (Å²) in [7, 11) is 1.31. The summed E-state index contributed by atoms with van der Waals surface area (Å²) in [6, 6.07) is 6.99. The molecule has 1 aromatic rings. The van der Waals surface area contributed by atoms with Gasteiger partial charge in [-0.3, -0.25) is 4.79 Å². The first-order valence-corrected chi connectivity index (χ1v) is 5.45. The molecule has 94 valence electrons. The molecule has 1 aromatic carbocycles. The van der Waals surface area contributed by atoms with Gasteiger partial charge in [0.2, 0.25) is 0 Å². The van der Waals surface area contributed by atoms with Gasteiger partial charge >= 0.3 is 0 Å². The highest BCUT2D eigenvalue weighted by atomic mass is 19.1. The molecule has 0 radical (unpaired) electrons. The number of benzene rings is 1. The highest BCUT2D eigenvalue weighted by Gasteiger charge is 2.13. The summed E-state index contributed by atoms with van der Waals surface area (Å²) >= 11 is 0. The van der Waals surface area contributed by atoms with Gasteiger partial charge in [-0.2, -0.15) is 0 Å². The fourth-order valence-electron chi connectivity index (χ4n) is 1.56. The van der Waals surface area contributed by atoms with Gasteiger partial charge in [0.25, 0.3) is 6.47 Å². The second kappa shape index (κ2) is 7.62. The zero-order valence-electron chi connectivity index (χ0n) is 9.78. The van der Waals surface area contributed by atoms with Crippen LogP contribution in [0.1, 0.15) is 6.42 Å². The predicted octanol–water partition coefficient (Wildman–Crippen LogP) is 1.39. The van der Waals surface area contributed by atoms with E-state index in [2.05, 4.69) is 15.4 Å². The number of carbonyl (C=O) groups is 1. The molecule has 0 amide bonds. The number of anilines is 1. The number of halogens is 1. The molecule has 0 spiro atoms. The predicted molar refractivity (Wildman–Crippen MR) is 64.4 cm³/mol. The number of ether oxygens (including phenoxy) is 1. The number of carbonyl (C=O) groups excluding carboxylic acids is 1. The highest BCUT2D eigenvalue weighted by Crippen LogP contribution is 2.12. The van der Waals surface area contributed by atoms with Gasteiger partial charge in [0, 0.05) is 18.3 Å². The molecule has 2 N–H and O–H groups in total. The standard InChI is InChI=1S/C10H13FN2.C2H4O2/c11-8-1-3-9(4-2-8)13-10-5-6-12-7-10;1-4-2-3/h1-4,10,12-13H,5-7H2;2H,1H3. The van der Waals surface area contributed by atoms with Crippen molar-refractivity contribution >= 4 is 12.2 Å². The molecule has 0 aliphatic carbocycles. The van der Waals surface area contributed by atoms with Crippen molar-refractivity contribution in [3.63, 3.8) is 0 Å². The van der Waals surface area contributed by atoms with E-state index < -0.39 is 0 Å². The van der Waals surface area contributed by atoms with E-state index in [0.29, 0.717) is 12.5 Å². The number of hydrogen-bond donors (Lipinski definition) is 2. The smallest absolute Gasteiger partial charge is 0.292 e. The molecule has 1 aliphatic rings. The van der Waals surface area contributed by atoms with E-state index in [1.807, 2.05) is 0 Å². The minimum Gasteiger partial charge on any atom is -0.471 e. The Kier molecular flexibility index (Phi) is 6.03. The first kappa shape index (κ1) is 13.4. The van der Waals surface area contributed by atoms with Crippen LogP contribution in [0.25, 0.3) is 0 Å². The Morgan fingerprint density at radius 1 is 1.47 bits per heavy atom. The largest absolute Gasteiger partial charge is 0.471 e. The van der Waals surface area contributed by atoms with Crippen molar-refractivity contribution in [3.8, 4) is 0 Å². The molecule has 5 heteroatoms. The average Bonchev–Trinajstić information content (AvgIpc) is 2.85. The van der Waals surface area contributed by atoms with Crippen LogP contribution in [0.5, 0.6) is 0 Å². The van der Waals surface area contributed by atoms with Gasteiger partial charge in [0.05, 0.1) is 7.11 Å². The SMILES string of the molecule is COC=O.Fc1ccc(NC2CCNC2)cc1. The maximum atomic E-state index is 12.6. The van der Waals surface area contributed by atoms with Gasteiger partial charge in [0.15, 0.2) is 0 Å². The third-order valence-electron chi connectivity index (χ3n) is 2.37. The molecule has 2 rings (SSSR count). The van der Waals surface area contributed by atoms with Gasteiger partial charge < -0.3 is 15.4 Å². The molecule has 1 aliphatic heterocycles. The maximum absolute atomic E-state index is 12.6. The number of hydrogen-bond acceptors (Lipinski definition) is 4. The van der Waals surface area contributed by atoms with Crippen molar-refractivity contribution in [2.75, 3.05) is 25.5 Å². The molecule has 1 heterocycles. The zero-order valence-corrected chi connectivity index (χ0v) is 9.78. The first-order chi connectivity index (χ1) is 8.26. The van der Waals surface area contributed by atoms with E-state index in [9.17, 15) is 4.39 Å². The number of nitrogens with one attached hydrogen (secondary N) is 2. The lowest BCUT2D eigenvalue weighted by molar-refractivity contribution is -0.126.